The standard InChI is InChI=1S/C17H18N4OS/c1-10-15(11(2)19-17(18-10)21(3)4)20-16(22)14-9-12-7-5-6-8-13(12)23-14/h5-9H,1-4H3,(H,20,22). The van der Waals surface area contributed by atoms with Crippen LogP contribution in [0.25, 0.3) is 10.1 Å². The Morgan fingerprint density at radius 1 is 1.13 bits per heavy atom. The Morgan fingerprint density at radius 3 is 2.39 bits per heavy atom. The van der Waals surface area contributed by atoms with Gasteiger partial charge < -0.3 is 10.2 Å². The molecule has 3 aromatic rings. The van der Waals surface area contributed by atoms with E-state index in [4.69, 9.17) is 0 Å². The molecule has 0 radical (unpaired) electrons. The molecule has 0 aliphatic heterocycles. The first-order valence-electron chi connectivity index (χ1n) is 7.28. The minimum atomic E-state index is -0.126. The molecular formula is C17H18N4OS. The number of nitrogens with zero attached hydrogens (tertiary/aromatic N) is 3. The molecule has 0 fully saturated rings. The Balaban J connectivity index is 1.90. The van der Waals surface area contributed by atoms with Gasteiger partial charge in [0.25, 0.3) is 5.91 Å². The quantitative estimate of drug-likeness (QED) is 0.798. The molecule has 3 rings (SSSR count). The molecule has 23 heavy (non-hydrogen) atoms. The third-order valence-corrected chi connectivity index (χ3v) is 4.66. The molecule has 6 heteroatoms. The molecule has 0 aliphatic rings. The van der Waals surface area contributed by atoms with E-state index in [1.807, 2.05) is 63.2 Å². The highest BCUT2D eigenvalue weighted by molar-refractivity contribution is 7.20. The van der Waals surface area contributed by atoms with E-state index in [0.29, 0.717) is 16.5 Å². The minimum absolute atomic E-state index is 0.126. The van der Waals surface area contributed by atoms with Crippen LogP contribution in [0.1, 0.15) is 21.1 Å². The molecule has 2 heterocycles. The molecule has 0 spiro atoms. The maximum atomic E-state index is 12.5. The van der Waals surface area contributed by atoms with Gasteiger partial charge in [0.05, 0.1) is 22.0 Å². The zero-order valence-corrected chi connectivity index (χ0v) is 14.4. The number of benzene rings is 1. The fourth-order valence-electron chi connectivity index (χ4n) is 2.35. The minimum Gasteiger partial charge on any atom is -0.347 e. The van der Waals surface area contributed by atoms with E-state index in [2.05, 4.69) is 15.3 Å². The van der Waals surface area contributed by atoms with Gasteiger partial charge in [-0.25, -0.2) is 9.97 Å². The number of hydrogen-bond acceptors (Lipinski definition) is 5. The number of fused-ring (bicyclic) bond motifs is 1. The lowest BCUT2D eigenvalue weighted by Crippen LogP contribution is -2.18. The first kappa shape index (κ1) is 15.4. The van der Waals surface area contributed by atoms with Crippen LogP contribution >= 0.6 is 11.3 Å². The van der Waals surface area contributed by atoms with Gasteiger partial charge in [0.1, 0.15) is 0 Å². The fraction of sp³-hybridized carbons (Fsp3) is 0.235. The van der Waals surface area contributed by atoms with Crippen molar-refractivity contribution in [2.24, 2.45) is 0 Å². The van der Waals surface area contributed by atoms with E-state index < -0.39 is 0 Å². The summed E-state index contributed by atoms with van der Waals surface area (Å²) in [4.78, 5) is 23.9. The number of carbonyl (C=O) groups excluding carboxylic acids is 1. The summed E-state index contributed by atoms with van der Waals surface area (Å²) >= 11 is 1.48. The van der Waals surface area contributed by atoms with Crippen molar-refractivity contribution in [2.45, 2.75) is 13.8 Å². The highest BCUT2D eigenvalue weighted by Gasteiger charge is 2.15. The van der Waals surface area contributed by atoms with Gasteiger partial charge >= 0.3 is 0 Å². The first-order valence-corrected chi connectivity index (χ1v) is 8.10. The predicted octanol–water partition coefficient (Wildman–Crippen LogP) is 3.63. The topological polar surface area (TPSA) is 58.1 Å². The van der Waals surface area contributed by atoms with Gasteiger partial charge in [0, 0.05) is 18.8 Å². The van der Waals surface area contributed by atoms with Crippen LogP contribution in [0.15, 0.2) is 30.3 Å². The maximum absolute atomic E-state index is 12.5. The molecule has 0 atom stereocenters. The molecule has 0 aliphatic carbocycles. The van der Waals surface area contributed by atoms with Crippen LogP contribution < -0.4 is 10.2 Å². The summed E-state index contributed by atoms with van der Waals surface area (Å²) in [5.41, 5.74) is 2.20. The third kappa shape index (κ3) is 3.03. The van der Waals surface area contributed by atoms with Crippen molar-refractivity contribution >= 4 is 39.0 Å². The number of hydrogen-bond donors (Lipinski definition) is 1. The molecule has 1 N–H and O–H groups in total. The number of rotatable bonds is 3. The Morgan fingerprint density at radius 2 is 1.78 bits per heavy atom. The number of aromatic nitrogens is 2. The largest absolute Gasteiger partial charge is 0.347 e. The molecule has 2 aromatic heterocycles. The molecule has 0 unspecified atom stereocenters. The van der Waals surface area contributed by atoms with Crippen LogP contribution in [0.3, 0.4) is 0 Å². The van der Waals surface area contributed by atoms with E-state index in [9.17, 15) is 4.79 Å². The maximum Gasteiger partial charge on any atom is 0.265 e. The molecule has 0 bridgehead atoms. The molecule has 1 amide bonds. The van der Waals surface area contributed by atoms with E-state index >= 15 is 0 Å². The van der Waals surface area contributed by atoms with Crippen molar-refractivity contribution in [3.63, 3.8) is 0 Å². The van der Waals surface area contributed by atoms with Crippen molar-refractivity contribution in [1.29, 1.82) is 0 Å². The number of anilines is 2. The van der Waals surface area contributed by atoms with Crippen LogP contribution in [0.4, 0.5) is 11.6 Å². The second-order valence-corrected chi connectivity index (χ2v) is 6.65. The number of carbonyl (C=O) groups is 1. The second kappa shape index (κ2) is 5.96. The van der Waals surface area contributed by atoms with Crippen LogP contribution in [0, 0.1) is 13.8 Å². The number of aryl methyl sites for hydroxylation is 2. The molecular weight excluding hydrogens is 308 g/mol. The van der Waals surface area contributed by atoms with Gasteiger partial charge in [-0.05, 0) is 31.4 Å². The summed E-state index contributed by atoms with van der Waals surface area (Å²) in [5, 5.41) is 4.03. The molecule has 0 saturated heterocycles. The highest BCUT2D eigenvalue weighted by Crippen LogP contribution is 2.27. The fourth-order valence-corrected chi connectivity index (χ4v) is 3.31. The zero-order chi connectivity index (χ0) is 16.6. The van der Waals surface area contributed by atoms with Gasteiger partial charge in [-0.2, -0.15) is 0 Å². The van der Waals surface area contributed by atoms with E-state index in [1.165, 1.54) is 11.3 Å². The summed E-state index contributed by atoms with van der Waals surface area (Å²) in [7, 11) is 3.79. The normalized spacial score (nSPS) is 10.8. The number of amides is 1. The summed E-state index contributed by atoms with van der Waals surface area (Å²) < 4.78 is 1.10. The van der Waals surface area contributed by atoms with Crippen LogP contribution in [-0.2, 0) is 0 Å². The average Bonchev–Trinajstić information content (AvgIpc) is 2.94. The summed E-state index contributed by atoms with van der Waals surface area (Å²) in [6.07, 6.45) is 0. The molecule has 0 saturated carbocycles. The smallest absolute Gasteiger partial charge is 0.265 e. The lowest BCUT2D eigenvalue weighted by Gasteiger charge is -2.15. The SMILES string of the molecule is Cc1nc(N(C)C)nc(C)c1NC(=O)c1cc2ccccc2s1. The van der Waals surface area contributed by atoms with Gasteiger partial charge in [-0.1, -0.05) is 18.2 Å². The van der Waals surface area contributed by atoms with Crippen molar-refractivity contribution in [1.82, 2.24) is 9.97 Å². The Kier molecular flexibility index (Phi) is 4.00. The summed E-state index contributed by atoms with van der Waals surface area (Å²) in [5.74, 6) is 0.512. The lowest BCUT2D eigenvalue weighted by molar-refractivity contribution is 0.103. The second-order valence-electron chi connectivity index (χ2n) is 5.57. The van der Waals surface area contributed by atoms with E-state index in [-0.39, 0.29) is 5.91 Å². The first-order chi connectivity index (χ1) is 11.0. The molecule has 118 valence electrons. The number of thiophene rings is 1. The van der Waals surface area contributed by atoms with Crippen molar-refractivity contribution < 1.29 is 4.79 Å². The number of nitrogens with one attached hydrogen (secondary N) is 1. The van der Waals surface area contributed by atoms with Crippen molar-refractivity contribution in [2.75, 3.05) is 24.3 Å². The van der Waals surface area contributed by atoms with Crippen LogP contribution in [-0.4, -0.2) is 30.0 Å². The van der Waals surface area contributed by atoms with Crippen LogP contribution in [0.5, 0.6) is 0 Å². The van der Waals surface area contributed by atoms with Gasteiger partial charge in [-0.3, -0.25) is 4.79 Å². The van der Waals surface area contributed by atoms with Crippen molar-refractivity contribution in [3.05, 3.63) is 46.6 Å². The average molecular weight is 326 g/mol. The highest BCUT2D eigenvalue weighted by atomic mass is 32.1. The Hall–Kier alpha value is -2.47. The summed E-state index contributed by atoms with van der Waals surface area (Å²) in [6.45, 7) is 3.75. The van der Waals surface area contributed by atoms with Crippen LogP contribution in [0.2, 0.25) is 0 Å². The lowest BCUT2D eigenvalue weighted by atomic mass is 10.2. The van der Waals surface area contributed by atoms with E-state index in [1.54, 1.807) is 0 Å². The predicted molar refractivity (Wildman–Crippen MR) is 95.6 cm³/mol. The van der Waals surface area contributed by atoms with Crippen molar-refractivity contribution in [3.8, 4) is 0 Å². The Labute approximate surface area is 139 Å². The van der Waals surface area contributed by atoms with Gasteiger partial charge in [-0.15, -0.1) is 11.3 Å². The molecule has 5 nitrogen and oxygen atoms in total. The molecule has 1 aromatic carbocycles. The monoisotopic (exact) mass is 326 g/mol. The van der Waals surface area contributed by atoms with Gasteiger partial charge in [0.15, 0.2) is 0 Å². The van der Waals surface area contributed by atoms with Gasteiger partial charge in [0.2, 0.25) is 5.95 Å². The summed E-state index contributed by atoms with van der Waals surface area (Å²) in [6, 6.07) is 9.88. The zero-order valence-electron chi connectivity index (χ0n) is 13.5. The Bertz CT molecular complexity index is 829. The third-order valence-electron chi connectivity index (χ3n) is 3.55. The van der Waals surface area contributed by atoms with E-state index in [0.717, 1.165) is 21.5 Å².